The van der Waals surface area contributed by atoms with Crippen molar-refractivity contribution in [3.63, 3.8) is 0 Å². The molecule has 10 aromatic rings. The molecule has 234 valence electrons. The number of nitrogens with zero attached hydrogens (tertiary/aromatic N) is 2. The first kappa shape index (κ1) is 28.4. The van der Waals surface area contributed by atoms with Crippen molar-refractivity contribution >= 4 is 43.6 Å². The third-order valence-corrected chi connectivity index (χ3v) is 10.1. The maximum Gasteiger partial charge on any atom is 0.0547 e. The number of aromatic nitrogens is 2. The standard InChI is InChI=1S/C48H32N2/c1-4-14-33(15-5-1)34-16-12-17-37(30-34)40-23-13-25-47-48(40)43-32-36(27-29-46(43)50(47)39-20-8-3-9-21-39)35-26-28-45-42(31-35)41-22-10-11-24-44(41)49(45)38-18-6-2-7-19-38/h1-32H. The molecule has 0 aliphatic rings. The van der Waals surface area contributed by atoms with Gasteiger partial charge >= 0.3 is 0 Å². The van der Waals surface area contributed by atoms with E-state index in [-0.39, 0.29) is 0 Å². The average molecular weight is 637 g/mol. The van der Waals surface area contributed by atoms with Crippen LogP contribution in [0, 0.1) is 0 Å². The maximum absolute atomic E-state index is 2.41. The lowest BCUT2D eigenvalue weighted by Gasteiger charge is -2.10. The van der Waals surface area contributed by atoms with Crippen LogP contribution in [0.5, 0.6) is 0 Å². The molecule has 0 radical (unpaired) electrons. The van der Waals surface area contributed by atoms with Gasteiger partial charge in [-0.05, 0) is 100 Å². The van der Waals surface area contributed by atoms with Gasteiger partial charge in [-0.2, -0.15) is 0 Å². The number of rotatable bonds is 5. The predicted octanol–water partition coefficient (Wildman–Crippen LogP) is 12.9. The van der Waals surface area contributed by atoms with Gasteiger partial charge < -0.3 is 9.13 Å². The van der Waals surface area contributed by atoms with Crippen molar-refractivity contribution in [2.24, 2.45) is 0 Å². The first-order valence-corrected chi connectivity index (χ1v) is 17.2. The Morgan fingerprint density at radius 3 is 1.46 bits per heavy atom. The largest absolute Gasteiger partial charge is 0.309 e. The van der Waals surface area contributed by atoms with Crippen molar-refractivity contribution in [3.05, 3.63) is 194 Å². The highest BCUT2D eigenvalue weighted by Gasteiger charge is 2.18. The summed E-state index contributed by atoms with van der Waals surface area (Å²) in [6.07, 6.45) is 0. The van der Waals surface area contributed by atoms with Crippen LogP contribution in [0.2, 0.25) is 0 Å². The van der Waals surface area contributed by atoms with Crippen LogP contribution in [0.1, 0.15) is 0 Å². The molecular weight excluding hydrogens is 605 g/mol. The lowest BCUT2D eigenvalue weighted by molar-refractivity contribution is 1.18. The van der Waals surface area contributed by atoms with Gasteiger partial charge in [-0.15, -0.1) is 0 Å². The summed E-state index contributed by atoms with van der Waals surface area (Å²) in [6, 6.07) is 70.4. The van der Waals surface area contributed by atoms with Gasteiger partial charge in [0.05, 0.1) is 22.1 Å². The molecule has 2 nitrogen and oxygen atoms in total. The van der Waals surface area contributed by atoms with Crippen LogP contribution >= 0.6 is 0 Å². The number of hydrogen-bond acceptors (Lipinski definition) is 0. The molecule has 0 N–H and O–H groups in total. The fourth-order valence-corrected chi connectivity index (χ4v) is 7.85. The summed E-state index contributed by atoms with van der Waals surface area (Å²) in [5.74, 6) is 0. The van der Waals surface area contributed by atoms with Crippen molar-refractivity contribution < 1.29 is 0 Å². The first-order valence-electron chi connectivity index (χ1n) is 17.2. The highest BCUT2D eigenvalue weighted by Crippen LogP contribution is 2.42. The zero-order valence-corrected chi connectivity index (χ0v) is 27.4. The van der Waals surface area contributed by atoms with E-state index in [1.165, 1.54) is 82.7 Å². The number of benzene rings is 8. The van der Waals surface area contributed by atoms with Crippen molar-refractivity contribution in [2.75, 3.05) is 0 Å². The molecule has 0 saturated carbocycles. The van der Waals surface area contributed by atoms with Crippen LogP contribution in [0.3, 0.4) is 0 Å². The summed E-state index contributed by atoms with van der Waals surface area (Å²) in [7, 11) is 0. The van der Waals surface area contributed by atoms with Crippen LogP contribution in [0.4, 0.5) is 0 Å². The Balaban J connectivity index is 1.21. The van der Waals surface area contributed by atoms with Gasteiger partial charge in [-0.3, -0.25) is 0 Å². The van der Waals surface area contributed by atoms with Gasteiger partial charge in [-0.25, -0.2) is 0 Å². The minimum Gasteiger partial charge on any atom is -0.309 e. The van der Waals surface area contributed by atoms with E-state index in [9.17, 15) is 0 Å². The molecular formula is C48H32N2. The second-order valence-corrected chi connectivity index (χ2v) is 13.0. The van der Waals surface area contributed by atoms with E-state index in [0.717, 1.165) is 5.69 Å². The summed E-state index contributed by atoms with van der Waals surface area (Å²) < 4.78 is 4.79. The van der Waals surface area contributed by atoms with E-state index in [0.29, 0.717) is 0 Å². The summed E-state index contributed by atoms with van der Waals surface area (Å²) >= 11 is 0. The first-order chi connectivity index (χ1) is 24.8. The third-order valence-electron chi connectivity index (χ3n) is 10.1. The summed E-state index contributed by atoms with van der Waals surface area (Å²) in [5.41, 5.74) is 14.5. The Bertz CT molecular complexity index is 2840. The molecule has 0 amide bonds. The lowest BCUT2D eigenvalue weighted by Crippen LogP contribution is -1.93. The molecule has 2 heteroatoms. The molecule has 0 unspecified atom stereocenters. The smallest absolute Gasteiger partial charge is 0.0547 e. The zero-order valence-electron chi connectivity index (χ0n) is 27.4. The SMILES string of the molecule is c1ccc(-c2cccc(-c3cccc4c3c3cc(-c5ccc6c(c5)c5ccccc5n6-c5ccccc5)ccc3n4-c3ccccc3)c2)cc1. The molecule has 2 heterocycles. The monoisotopic (exact) mass is 636 g/mol. The Morgan fingerprint density at radius 1 is 0.260 bits per heavy atom. The van der Waals surface area contributed by atoms with Crippen LogP contribution in [0.25, 0.3) is 88.4 Å². The molecule has 2 aromatic heterocycles. The van der Waals surface area contributed by atoms with Gasteiger partial charge in [0.25, 0.3) is 0 Å². The Kier molecular flexibility index (Phi) is 6.53. The fraction of sp³-hybridized carbons (Fsp3) is 0. The molecule has 8 aromatic carbocycles. The van der Waals surface area contributed by atoms with Crippen molar-refractivity contribution in [1.29, 1.82) is 0 Å². The van der Waals surface area contributed by atoms with Crippen LogP contribution in [-0.2, 0) is 0 Å². The second kappa shape index (κ2) is 11.5. The lowest BCUT2D eigenvalue weighted by atomic mass is 9.95. The van der Waals surface area contributed by atoms with E-state index >= 15 is 0 Å². The van der Waals surface area contributed by atoms with Crippen LogP contribution in [-0.4, -0.2) is 9.13 Å². The van der Waals surface area contributed by atoms with E-state index in [4.69, 9.17) is 0 Å². The van der Waals surface area contributed by atoms with E-state index in [2.05, 4.69) is 203 Å². The summed E-state index contributed by atoms with van der Waals surface area (Å²) in [6.45, 7) is 0. The van der Waals surface area contributed by atoms with Gasteiger partial charge in [0.1, 0.15) is 0 Å². The maximum atomic E-state index is 2.41. The molecule has 0 spiro atoms. The molecule has 10 rings (SSSR count). The van der Waals surface area contributed by atoms with Crippen molar-refractivity contribution in [1.82, 2.24) is 9.13 Å². The molecule has 0 bridgehead atoms. The molecule has 0 atom stereocenters. The number of para-hydroxylation sites is 3. The van der Waals surface area contributed by atoms with E-state index < -0.39 is 0 Å². The number of hydrogen-bond donors (Lipinski definition) is 0. The van der Waals surface area contributed by atoms with Crippen molar-refractivity contribution in [3.8, 4) is 44.8 Å². The number of fused-ring (bicyclic) bond motifs is 6. The van der Waals surface area contributed by atoms with Gasteiger partial charge in [-0.1, -0.05) is 127 Å². The quantitative estimate of drug-likeness (QED) is 0.178. The molecule has 0 aliphatic heterocycles. The summed E-state index contributed by atoms with van der Waals surface area (Å²) in [5, 5.41) is 5.02. The highest BCUT2D eigenvalue weighted by atomic mass is 15.0. The predicted molar refractivity (Wildman–Crippen MR) is 211 cm³/mol. The minimum absolute atomic E-state index is 1.16. The topological polar surface area (TPSA) is 9.86 Å². The molecule has 0 fully saturated rings. The van der Waals surface area contributed by atoms with Gasteiger partial charge in [0.2, 0.25) is 0 Å². The van der Waals surface area contributed by atoms with Crippen molar-refractivity contribution in [2.45, 2.75) is 0 Å². The highest BCUT2D eigenvalue weighted by molar-refractivity contribution is 6.17. The fourth-order valence-electron chi connectivity index (χ4n) is 7.85. The molecule has 50 heavy (non-hydrogen) atoms. The Labute approximate surface area is 290 Å². The second-order valence-electron chi connectivity index (χ2n) is 13.0. The van der Waals surface area contributed by atoms with E-state index in [1.807, 2.05) is 0 Å². The summed E-state index contributed by atoms with van der Waals surface area (Å²) in [4.78, 5) is 0. The van der Waals surface area contributed by atoms with E-state index in [1.54, 1.807) is 0 Å². The Morgan fingerprint density at radius 2 is 0.740 bits per heavy atom. The molecule has 0 saturated heterocycles. The van der Waals surface area contributed by atoms with Crippen LogP contribution in [0.15, 0.2) is 194 Å². The zero-order chi connectivity index (χ0) is 33.0. The minimum atomic E-state index is 1.16. The van der Waals surface area contributed by atoms with Crippen LogP contribution < -0.4 is 0 Å². The molecule has 0 aliphatic carbocycles. The Hall–Kier alpha value is -6.64. The van der Waals surface area contributed by atoms with Gasteiger partial charge in [0, 0.05) is 32.9 Å². The average Bonchev–Trinajstić information content (AvgIpc) is 3.71. The third kappa shape index (κ3) is 4.50. The van der Waals surface area contributed by atoms with Gasteiger partial charge in [0.15, 0.2) is 0 Å². The normalized spacial score (nSPS) is 11.6.